The molecule has 6 rings (SSSR count). The smallest absolute Gasteiger partial charge is 0.295 e. The second-order valence-corrected chi connectivity index (χ2v) is 12.2. The molecule has 45 heavy (non-hydrogen) atoms. The molecule has 0 saturated carbocycles. The molecule has 0 bridgehead atoms. The molecule has 0 aromatic heterocycles. The summed E-state index contributed by atoms with van der Waals surface area (Å²) in [5.41, 5.74) is 17.3. The molecule has 2 N–H and O–H groups in total. The normalized spacial score (nSPS) is 12.0. The van der Waals surface area contributed by atoms with Gasteiger partial charge in [-0.15, -0.1) is 0 Å². The number of para-hydroxylation sites is 2. The van der Waals surface area contributed by atoms with Crippen molar-refractivity contribution in [2.75, 3.05) is 5.32 Å². The molecule has 0 radical (unpaired) electrons. The first-order chi connectivity index (χ1) is 21.6. The highest BCUT2D eigenvalue weighted by Gasteiger charge is 2.23. The van der Waals surface area contributed by atoms with Gasteiger partial charge in [0.15, 0.2) is 0 Å². The van der Waals surface area contributed by atoms with E-state index in [9.17, 15) is 13.0 Å². The molecular weight excluding hydrogens is 586 g/mol. The molecule has 0 unspecified atom stereocenters. The molecule has 2 aliphatic rings. The Morgan fingerprint density at radius 3 is 2.33 bits per heavy atom. The first-order valence-electron chi connectivity index (χ1n) is 14.2. The lowest BCUT2D eigenvalue weighted by atomic mass is 9.93. The van der Waals surface area contributed by atoms with Crippen LogP contribution in [0.15, 0.2) is 116 Å². The van der Waals surface area contributed by atoms with Gasteiger partial charge in [-0.25, -0.2) is 4.99 Å². The quantitative estimate of drug-likeness (QED) is 0.0605. The van der Waals surface area contributed by atoms with E-state index in [0.717, 1.165) is 33.6 Å². The van der Waals surface area contributed by atoms with Crippen molar-refractivity contribution in [2.45, 2.75) is 32.2 Å². The topological polar surface area (TPSA) is 141 Å². The number of hydrogen-bond donors (Lipinski definition) is 2. The molecule has 1 heterocycles. The van der Waals surface area contributed by atoms with Gasteiger partial charge in [-0.05, 0) is 78.9 Å². The molecule has 0 saturated heterocycles. The molecular formula is C35H29N5O4S. The third-order valence-corrected chi connectivity index (χ3v) is 8.67. The van der Waals surface area contributed by atoms with E-state index in [-0.39, 0.29) is 11.4 Å². The summed E-state index contributed by atoms with van der Waals surface area (Å²) in [5.74, 6) is 0.471. The number of hydrogen-bond acceptors (Lipinski definition) is 6. The Morgan fingerprint density at radius 2 is 1.58 bits per heavy atom. The molecule has 0 fully saturated rings. The summed E-state index contributed by atoms with van der Waals surface area (Å²) in [6, 6.07) is 29.3. The van der Waals surface area contributed by atoms with Gasteiger partial charge in [0.25, 0.3) is 10.1 Å². The molecule has 0 amide bonds. The number of rotatable bonds is 7. The Morgan fingerprint density at radius 1 is 0.844 bits per heavy atom. The van der Waals surface area contributed by atoms with Crippen molar-refractivity contribution in [2.24, 2.45) is 10.1 Å². The number of nitrogens with zero attached hydrogens (tertiary/aromatic N) is 4. The van der Waals surface area contributed by atoms with Gasteiger partial charge in [0.05, 0.1) is 17.6 Å². The summed E-state index contributed by atoms with van der Waals surface area (Å²) < 4.78 is 41.6. The summed E-state index contributed by atoms with van der Waals surface area (Å²) in [5, 5.41) is 8.49. The highest BCUT2D eigenvalue weighted by molar-refractivity contribution is 7.86. The van der Waals surface area contributed by atoms with Crippen LogP contribution in [-0.4, -0.2) is 13.0 Å². The van der Waals surface area contributed by atoms with Crippen LogP contribution in [-0.2, 0) is 16.7 Å². The van der Waals surface area contributed by atoms with Gasteiger partial charge in [-0.2, -0.15) is 8.42 Å². The molecule has 224 valence electrons. The van der Waals surface area contributed by atoms with E-state index in [1.54, 1.807) is 24.3 Å². The fourth-order valence-electron chi connectivity index (χ4n) is 5.61. The van der Waals surface area contributed by atoms with E-state index >= 15 is 0 Å². The molecule has 4 aromatic rings. The fourth-order valence-corrected chi connectivity index (χ4v) is 6.31. The molecule has 0 spiro atoms. The summed E-state index contributed by atoms with van der Waals surface area (Å²) >= 11 is 0. The Kier molecular flexibility index (Phi) is 7.87. The Balaban J connectivity index is 1.62. The van der Waals surface area contributed by atoms with Crippen molar-refractivity contribution in [3.05, 3.63) is 135 Å². The predicted octanol–water partition coefficient (Wildman–Crippen LogP) is 9.16. The van der Waals surface area contributed by atoms with Crippen LogP contribution in [0, 0.1) is 20.8 Å². The van der Waals surface area contributed by atoms with Crippen molar-refractivity contribution in [1.82, 2.24) is 0 Å². The fraction of sp³-hybridized carbons (Fsp3) is 0.114. The largest absolute Gasteiger partial charge is 0.456 e. The predicted molar refractivity (Wildman–Crippen MR) is 177 cm³/mol. The van der Waals surface area contributed by atoms with Crippen LogP contribution in [0.25, 0.3) is 43.9 Å². The summed E-state index contributed by atoms with van der Waals surface area (Å²) in [6.45, 7) is 6.17. The molecule has 10 heteroatoms. The third-order valence-electron chi connectivity index (χ3n) is 7.76. The highest BCUT2D eigenvalue weighted by atomic mass is 32.2. The Bertz CT molecular complexity index is 2280. The average molecular weight is 616 g/mol. The molecule has 1 aliphatic carbocycles. The van der Waals surface area contributed by atoms with Gasteiger partial charge in [0.1, 0.15) is 16.2 Å². The first-order valence-corrected chi connectivity index (χ1v) is 15.6. The number of benzene rings is 5. The van der Waals surface area contributed by atoms with Crippen LogP contribution in [0.4, 0.5) is 17.1 Å². The summed E-state index contributed by atoms with van der Waals surface area (Å²) in [6.07, 6.45) is 0. The maximum absolute atomic E-state index is 12.5. The number of azide groups is 1. The van der Waals surface area contributed by atoms with E-state index in [2.05, 4.69) is 15.3 Å². The lowest BCUT2D eigenvalue weighted by Gasteiger charge is -2.18. The first kappa shape index (κ1) is 29.7. The lowest BCUT2D eigenvalue weighted by Crippen LogP contribution is -2.05. The molecule has 0 atom stereocenters. The van der Waals surface area contributed by atoms with E-state index in [1.807, 2.05) is 87.5 Å². The van der Waals surface area contributed by atoms with Crippen LogP contribution in [0.2, 0.25) is 0 Å². The molecule has 1 aliphatic heterocycles. The van der Waals surface area contributed by atoms with Crippen molar-refractivity contribution < 1.29 is 17.4 Å². The van der Waals surface area contributed by atoms with Crippen LogP contribution >= 0.6 is 0 Å². The zero-order valence-corrected chi connectivity index (χ0v) is 25.6. The average Bonchev–Trinajstić information content (AvgIpc) is 3.01. The number of nitrogens with one attached hydrogen (secondary N) is 1. The van der Waals surface area contributed by atoms with Gasteiger partial charge in [-0.1, -0.05) is 59.7 Å². The molecule has 4 aromatic carbocycles. The van der Waals surface area contributed by atoms with Crippen LogP contribution in [0.5, 0.6) is 0 Å². The van der Waals surface area contributed by atoms with E-state index in [1.165, 1.54) is 6.07 Å². The zero-order chi connectivity index (χ0) is 31.7. The number of anilines is 2. The summed E-state index contributed by atoms with van der Waals surface area (Å²) in [7, 11) is -4.54. The minimum absolute atomic E-state index is 0.159. The van der Waals surface area contributed by atoms with Crippen LogP contribution in [0.1, 0.15) is 22.3 Å². The third kappa shape index (κ3) is 5.90. The van der Waals surface area contributed by atoms with Gasteiger partial charge < -0.3 is 9.73 Å². The number of fused-ring (bicyclic) bond motifs is 2. The van der Waals surface area contributed by atoms with E-state index in [4.69, 9.17) is 14.9 Å². The highest BCUT2D eigenvalue weighted by Crippen LogP contribution is 2.43. The Labute approximate surface area is 260 Å². The van der Waals surface area contributed by atoms with Crippen molar-refractivity contribution in [1.29, 1.82) is 0 Å². The minimum atomic E-state index is -4.54. The second kappa shape index (κ2) is 11.9. The maximum atomic E-state index is 12.5. The monoisotopic (exact) mass is 615 g/mol. The maximum Gasteiger partial charge on any atom is 0.295 e. The SMILES string of the molecule is Cc1cccc(CN=[N+]=[N-])c1/N=c1/ccc2c(-c3ccccc3S(=O)(=O)O)c3ccc(Nc4c(C)cccc4C)cc3oc-2c1. The Hall–Kier alpha value is -5.41. The number of aryl methyl sites for hydroxylation is 3. The second-order valence-electron chi connectivity index (χ2n) is 10.8. The standard InChI is InChI=1S/C35H29N5O4S/c1-21-8-6-9-22(2)34(21)38-25-14-16-27-30(18-25)44-31-19-26(39-35-23(3)10-7-11-24(35)20-37-40-36)15-17-28(31)33(27)29-12-4-5-13-32(29)45(41,42)43/h4-19,38H,20H2,1-3H3,(H,41,42,43)/b39-26-. The van der Waals surface area contributed by atoms with Crippen LogP contribution < -0.4 is 10.7 Å². The lowest BCUT2D eigenvalue weighted by molar-refractivity contribution is 0.483. The van der Waals surface area contributed by atoms with E-state index < -0.39 is 10.1 Å². The minimum Gasteiger partial charge on any atom is -0.456 e. The van der Waals surface area contributed by atoms with Crippen molar-refractivity contribution in [3.63, 3.8) is 0 Å². The van der Waals surface area contributed by atoms with Gasteiger partial charge in [0, 0.05) is 50.5 Å². The van der Waals surface area contributed by atoms with Crippen LogP contribution in [0.3, 0.4) is 0 Å². The van der Waals surface area contributed by atoms with Gasteiger partial charge in [-0.3, -0.25) is 4.55 Å². The zero-order valence-electron chi connectivity index (χ0n) is 24.8. The van der Waals surface area contributed by atoms with E-state index in [0.29, 0.717) is 44.5 Å². The van der Waals surface area contributed by atoms with Gasteiger partial charge in [0.2, 0.25) is 0 Å². The van der Waals surface area contributed by atoms with Crippen molar-refractivity contribution in [3.8, 4) is 22.5 Å². The summed E-state index contributed by atoms with van der Waals surface area (Å²) in [4.78, 5) is 7.57. The van der Waals surface area contributed by atoms with Crippen molar-refractivity contribution >= 4 is 38.1 Å². The molecule has 9 nitrogen and oxygen atoms in total. The van der Waals surface area contributed by atoms with Gasteiger partial charge >= 0.3 is 0 Å².